The van der Waals surface area contributed by atoms with Crippen molar-refractivity contribution in [3.63, 3.8) is 0 Å². The largest absolute Gasteiger partial charge is 0.417 e. The van der Waals surface area contributed by atoms with Crippen LogP contribution in [0.15, 0.2) is 30.4 Å². The van der Waals surface area contributed by atoms with Crippen LogP contribution in [0.5, 0.6) is 0 Å². The number of rotatable bonds is 3. The lowest BCUT2D eigenvalue weighted by Crippen LogP contribution is -2.08. The Morgan fingerprint density at radius 1 is 1.47 bits per heavy atom. The fourth-order valence-corrected chi connectivity index (χ4v) is 1.31. The van der Waals surface area contributed by atoms with Crippen LogP contribution >= 0.6 is 0 Å². The van der Waals surface area contributed by atoms with Gasteiger partial charge in [0, 0.05) is 0 Å². The van der Waals surface area contributed by atoms with E-state index in [0.29, 0.717) is 12.0 Å². The topological polar surface area (TPSA) is 23.8 Å². The van der Waals surface area contributed by atoms with Crippen molar-refractivity contribution in [2.45, 2.75) is 19.5 Å². The van der Waals surface area contributed by atoms with E-state index in [1.165, 1.54) is 12.1 Å². The molecule has 1 rings (SSSR count). The molecule has 1 aromatic rings. The summed E-state index contributed by atoms with van der Waals surface area (Å²) in [5.41, 5.74) is 0.0580. The second-order valence-corrected chi connectivity index (χ2v) is 3.78. The number of halogens is 3. The second kappa shape index (κ2) is 5.05. The predicted molar refractivity (Wildman–Crippen MR) is 59.0 cm³/mol. The van der Waals surface area contributed by atoms with E-state index in [2.05, 4.69) is 6.58 Å². The molecule has 1 nitrogen and oxygen atoms in total. The molecule has 4 heteroatoms. The van der Waals surface area contributed by atoms with Crippen LogP contribution < -0.4 is 0 Å². The van der Waals surface area contributed by atoms with Crippen LogP contribution in [0.25, 0.3) is 0 Å². The Bertz CT molecular complexity index is 467. The fraction of sp³-hybridized carbons (Fsp3) is 0.231. The number of allylic oxidation sites excluding steroid dienone is 1. The molecule has 0 N–H and O–H groups in total. The Labute approximate surface area is 98.2 Å². The molecule has 17 heavy (non-hydrogen) atoms. The highest BCUT2D eigenvalue weighted by molar-refractivity contribution is 5.44. The van der Waals surface area contributed by atoms with Gasteiger partial charge in [0.15, 0.2) is 0 Å². The summed E-state index contributed by atoms with van der Waals surface area (Å²) in [5, 5.41) is 8.62. The normalized spacial score (nSPS) is 11.0. The molecule has 0 saturated heterocycles. The Kier molecular flexibility index (Phi) is 3.95. The van der Waals surface area contributed by atoms with Crippen LogP contribution in [-0.4, -0.2) is 0 Å². The summed E-state index contributed by atoms with van der Waals surface area (Å²) in [7, 11) is 0. The van der Waals surface area contributed by atoms with Crippen molar-refractivity contribution in [2.75, 3.05) is 0 Å². The Morgan fingerprint density at radius 3 is 2.59 bits per heavy atom. The van der Waals surface area contributed by atoms with Gasteiger partial charge in [0.1, 0.15) is 0 Å². The van der Waals surface area contributed by atoms with E-state index in [4.69, 9.17) is 5.26 Å². The van der Waals surface area contributed by atoms with E-state index in [1.54, 1.807) is 19.4 Å². The van der Waals surface area contributed by atoms with Crippen molar-refractivity contribution >= 4 is 0 Å². The minimum absolute atomic E-state index is 0.357. The van der Waals surface area contributed by atoms with Gasteiger partial charge in [0.25, 0.3) is 0 Å². The van der Waals surface area contributed by atoms with Crippen molar-refractivity contribution in [3.05, 3.63) is 53.5 Å². The van der Waals surface area contributed by atoms with Crippen LogP contribution in [0.1, 0.15) is 30.0 Å². The predicted octanol–water partition coefficient (Wildman–Crippen LogP) is 4.10. The minimum Gasteiger partial charge on any atom is -0.192 e. The van der Waals surface area contributed by atoms with E-state index < -0.39 is 11.7 Å². The summed E-state index contributed by atoms with van der Waals surface area (Å²) in [4.78, 5) is 0. The van der Waals surface area contributed by atoms with E-state index >= 15 is 0 Å². The second-order valence-electron chi connectivity index (χ2n) is 3.78. The van der Waals surface area contributed by atoms with Crippen LogP contribution in [-0.2, 0) is 6.18 Å². The van der Waals surface area contributed by atoms with E-state index in [-0.39, 0.29) is 5.56 Å². The summed E-state index contributed by atoms with van der Waals surface area (Å²) in [6.45, 7) is 5.47. The molecule has 89 valence electrons. The van der Waals surface area contributed by atoms with E-state index in [9.17, 15) is 13.2 Å². The van der Waals surface area contributed by atoms with Crippen LogP contribution in [0, 0.1) is 17.8 Å². The molecule has 1 radical (unpaired) electrons. The quantitative estimate of drug-likeness (QED) is 0.727. The molecule has 0 aliphatic heterocycles. The zero-order valence-corrected chi connectivity index (χ0v) is 9.30. The first kappa shape index (κ1) is 13.3. The maximum atomic E-state index is 12.6. The maximum Gasteiger partial charge on any atom is 0.417 e. The number of hydrogen-bond donors (Lipinski definition) is 0. The smallest absolute Gasteiger partial charge is 0.192 e. The van der Waals surface area contributed by atoms with Gasteiger partial charge in [-0.2, -0.15) is 18.4 Å². The highest BCUT2D eigenvalue weighted by Gasteiger charge is 2.33. The molecule has 0 bridgehead atoms. The fourth-order valence-electron chi connectivity index (χ4n) is 1.31. The summed E-state index contributed by atoms with van der Waals surface area (Å²) in [6.07, 6.45) is -2.33. The summed E-state index contributed by atoms with van der Waals surface area (Å²) in [5.74, 6) is 0. The number of alkyl halides is 3. The number of benzene rings is 1. The van der Waals surface area contributed by atoms with Crippen LogP contribution in [0.2, 0.25) is 0 Å². The first-order valence-electron chi connectivity index (χ1n) is 4.93. The van der Waals surface area contributed by atoms with E-state index in [1.807, 2.05) is 0 Å². The minimum atomic E-state index is -4.50. The highest BCUT2D eigenvalue weighted by Crippen LogP contribution is 2.32. The molecule has 0 heterocycles. The SMILES string of the molecule is C=C(C)C[CH]c1ccc(C#N)c(C(F)(F)F)c1. The third-order valence-corrected chi connectivity index (χ3v) is 2.16. The van der Waals surface area contributed by atoms with Gasteiger partial charge in [-0.25, -0.2) is 0 Å². The molecule has 0 aliphatic carbocycles. The van der Waals surface area contributed by atoms with Crippen molar-refractivity contribution < 1.29 is 13.2 Å². The molecule has 0 atom stereocenters. The number of nitriles is 1. The molecular weight excluding hydrogens is 227 g/mol. The third kappa shape index (κ3) is 3.63. The summed E-state index contributed by atoms with van der Waals surface area (Å²) >= 11 is 0. The molecule has 0 saturated carbocycles. The molecule has 0 spiro atoms. The lowest BCUT2D eigenvalue weighted by molar-refractivity contribution is -0.137. The Balaban J connectivity index is 3.06. The lowest BCUT2D eigenvalue weighted by Gasteiger charge is -2.10. The van der Waals surface area contributed by atoms with Crippen LogP contribution in [0.4, 0.5) is 13.2 Å². The van der Waals surface area contributed by atoms with Crippen molar-refractivity contribution in [1.29, 1.82) is 5.26 Å². The van der Waals surface area contributed by atoms with Gasteiger partial charge >= 0.3 is 6.18 Å². The molecular formula is C13H11F3N. The van der Waals surface area contributed by atoms with Crippen LogP contribution in [0.3, 0.4) is 0 Å². The molecule has 0 aromatic heterocycles. The average Bonchev–Trinajstić information content (AvgIpc) is 2.24. The van der Waals surface area contributed by atoms with Crippen molar-refractivity contribution in [1.82, 2.24) is 0 Å². The molecule has 0 unspecified atom stereocenters. The van der Waals surface area contributed by atoms with Crippen molar-refractivity contribution in [2.24, 2.45) is 0 Å². The first-order chi connectivity index (χ1) is 7.84. The summed E-state index contributed by atoms with van der Waals surface area (Å²) in [6, 6.07) is 5.21. The standard InChI is InChI=1S/C13H11F3N/c1-9(2)3-4-10-5-6-11(8-17)12(7-10)13(14,15)16/h4-7H,1,3H2,2H3. The molecule has 0 fully saturated rings. The molecule has 0 amide bonds. The third-order valence-electron chi connectivity index (χ3n) is 2.16. The monoisotopic (exact) mass is 238 g/mol. The number of hydrogen-bond acceptors (Lipinski definition) is 1. The highest BCUT2D eigenvalue weighted by atomic mass is 19.4. The summed E-state index contributed by atoms with van der Waals surface area (Å²) < 4.78 is 37.9. The number of nitrogens with zero attached hydrogens (tertiary/aromatic N) is 1. The van der Waals surface area contributed by atoms with Gasteiger partial charge in [0.05, 0.1) is 17.2 Å². The van der Waals surface area contributed by atoms with Crippen molar-refractivity contribution in [3.8, 4) is 6.07 Å². The van der Waals surface area contributed by atoms with Gasteiger partial charge in [-0.3, -0.25) is 0 Å². The van der Waals surface area contributed by atoms with Gasteiger partial charge in [-0.1, -0.05) is 11.6 Å². The maximum absolute atomic E-state index is 12.6. The Morgan fingerprint density at radius 2 is 2.12 bits per heavy atom. The van der Waals surface area contributed by atoms with Gasteiger partial charge in [-0.15, -0.1) is 6.58 Å². The van der Waals surface area contributed by atoms with Gasteiger partial charge < -0.3 is 0 Å². The first-order valence-corrected chi connectivity index (χ1v) is 4.93. The zero-order valence-electron chi connectivity index (χ0n) is 9.30. The molecule has 0 aliphatic rings. The van der Waals surface area contributed by atoms with Gasteiger partial charge in [-0.05, 0) is 37.5 Å². The molecule has 1 aromatic carbocycles. The Hall–Kier alpha value is -1.76. The lowest BCUT2D eigenvalue weighted by atomic mass is 10.00. The zero-order chi connectivity index (χ0) is 13.1. The van der Waals surface area contributed by atoms with Gasteiger partial charge in [0.2, 0.25) is 0 Å². The van der Waals surface area contributed by atoms with E-state index in [0.717, 1.165) is 11.6 Å². The average molecular weight is 238 g/mol.